The Morgan fingerprint density at radius 2 is 1.94 bits per heavy atom. The lowest BCUT2D eigenvalue weighted by Crippen LogP contribution is -2.30. The van der Waals surface area contributed by atoms with Crippen molar-refractivity contribution >= 4 is 44.4 Å². The van der Waals surface area contributed by atoms with Crippen molar-refractivity contribution in [2.75, 3.05) is 6.61 Å². The predicted octanol–water partition coefficient (Wildman–Crippen LogP) is 5.14. The Balaban J connectivity index is 1.38. The van der Waals surface area contributed by atoms with Crippen LogP contribution in [0.15, 0.2) is 82.3 Å². The van der Waals surface area contributed by atoms with Gasteiger partial charge in [0.1, 0.15) is 17.1 Å². The maximum absolute atomic E-state index is 13.2. The number of nitrogens with zero attached hydrogens (tertiary/aromatic N) is 3. The second-order valence-corrected chi connectivity index (χ2v) is 9.16. The highest BCUT2D eigenvalue weighted by atomic mass is 32.1. The largest absolute Gasteiger partial charge is 0.493 e. The van der Waals surface area contributed by atoms with Gasteiger partial charge in [-0.1, -0.05) is 60.2 Å². The van der Waals surface area contributed by atoms with Crippen LogP contribution in [-0.2, 0) is 11.3 Å². The van der Waals surface area contributed by atoms with Crippen LogP contribution in [0.4, 0.5) is 0 Å². The van der Waals surface area contributed by atoms with Crippen LogP contribution in [0, 0.1) is 6.92 Å². The zero-order valence-electron chi connectivity index (χ0n) is 19.9. The van der Waals surface area contributed by atoms with E-state index in [0.29, 0.717) is 22.6 Å². The average molecular weight is 497 g/mol. The summed E-state index contributed by atoms with van der Waals surface area (Å²) in [5.74, 6) is 0.251. The predicted molar refractivity (Wildman–Crippen MR) is 145 cm³/mol. The quantitative estimate of drug-likeness (QED) is 0.250. The van der Waals surface area contributed by atoms with E-state index in [2.05, 4.69) is 15.5 Å². The van der Waals surface area contributed by atoms with E-state index in [1.165, 1.54) is 22.2 Å². The van der Waals surface area contributed by atoms with Gasteiger partial charge in [0.2, 0.25) is 0 Å². The molecule has 0 saturated heterocycles. The normalized spacial score (nSPS) is 11.4. The highest BCUT2D eigenvalue weighted by Crippen LogP contribution is 2.30. The summed E-state index contributed by atoms with van der Waals surface area (Å²) in [6, 6.07) is 19.8. The molecule has 36 heavy (non-hydrogen) atoms. The average Bonchev–Trinajstić information content (AvgIpc) is 3.32. The number of thiophene rings is 1. The Morgan fingerprint density at radius 3 is 2.75 bits per heavy atom. The summed E-state index contributed by atoms with van der Waals surface area (Å²) in [4.78, 5) is 30.9. The minimum atomic E-state index is -0.431. The molecule has 0 aliphatic rings. The summed E-state index contributed by atoms with van der Waals surface area (Å²) in [5.41, 5.74) is 5.94. The number of ether oxygens (including phenoxy) is 1. The van der Waals surface area contributed by atoms with E-state index in [0.717, 1.165) is 33.0 Å². The lowest BCUT2D eigenvalue weighted by molar-refractivity contribution is -0.121. The number of fused-ring (bicyclic) bond motifs is 2. The first-order valence-electron chi connectivity index (χ1n) is 11.5. The van der Waals surface area contributed by atoms with E-state index in [1.54, 1.807) is 6.21 Å². The Kier molecular flexibility index (Phi) is 6.60. The van der Waals surface area contributed by atoms with E-state index in [9.17, 15) is 9.59 Å². The summed E-state index contributed by atoms with van der Waals surface area (Å²) in [6.45, 7) is 4.24. The van der Waals surface area contributed by atoms with E-state index in [-0.39, 0.29) is 12.1 Å². The number of hydrogen-bond donors (Lipinski definition) is 1. The molecule has 2 aromatic heterocycles. The van der Waals surface area contributed by atoms with Crippen molar-refractivity contribution in [2.24, 2.45) is 5.10 Å². The third-order valence-corrected chi connectivity index (χ3v) is 6.74. The van der Waals surface area contributed by atoms with Crippen molar-refractivity contribution in [1.29, 1.82) is 0 Å². The molecule has 0 fully saturated rings. The summed E-state index contributed by atoms with van der Waals surface area (Å²) >= 11 is 1.41. The topological polar surface area (TPSA) is 85.6 Å². The van der Waals surface area contributed by atoms with Crippen molar-refractivity contribution in [3.05, 3.63) is 93.9 Å². The van der Waals surface area contributed by atoms with E-state index >= 15 is 0 Å². The van der Waals surface area contributed by atoms with E-state index in [1.807, 2.05) is 79.9 Å². The van der Waals surface area contributed by atoms with Crippen LogP contribution in [0.2, 0.25) is 0 Å². The number of hydrogen-bond acceptors (Lipinski definition) is 6. The van der Waals surface area contributed by atoms with Crippen molar-refractivity contribution in [1.82, 2.24) is 15.0 Å². The number of nitrogens with one attached hydrogen (secondary N) is 1. The van der Waals surface area contributed by atoms with Crippen LogP contribution >= 0.6 is 11.3 Å². The first-order valence-corrected chi connectivity index (χ1v) is 12.4. The molecule has 0 spiro atoms. The number of aryl methyl sites for hydroxylation is 1. The van der Waals surface area contributed by atoms with Crippen LogP contribution < -0.4 is 15.7 Å². The molecular weight excluding hydrogens is 472 g/mol. The van der Waals surface area contributed by atoms with Gasteiger partial charge in [0.15, 0.2) is 0 Å². The molecule has 5 rings (SSSR count). The first kappa shape index (κ1) is 23.4. The monoisotopic (exact) mass is 496 g/mol. The molecule has 0 saturated carbocycles. The number of benzene rings is 3. The van der Waals surface area contributed by atoms with Crippen molar-refractivity contribution in [3.63, 3.8) is 0 Å². The molecule has 1 amide bonds. The first-order chi connectivity index (χ1) is 17.5. The Hall–Kier alpha value is -4.30. The molecular formula is C28H24N4O3S. The second-order valence-electron chi connectivity index (χ2n) is 8.30. The minimum absolute atomic E-state index is 0.198. The third kappa shape index (κ3) is 4.63. The number of rotatable bonds is 7. The fraction of sp³-hybridized carbons (Fsp3) is 0.143. The third-order valence-electron chi connectivity index (χ3n) is 5.85. The Labute approximate surface area is 211 Å². The molecule has 0 bridgehead atoms. The smallest absolute Gasteiger partial charge is 0.263 e. The second kappa shape index (κ2) is 10.1. The molecule has 3 aromatic carbocycles. The lowest BCUT2D eigenvalue weighted by Gasteiger charge is -2.10. The van der Waals surface area contributed by atoms with Gasteiger partial charge in [0, 0.05) is 16.5 Å². The van der Waals surface area contributed by atoms with Gasteiger partial charge in [-0.2, -0.15) is 5.10 Å². The summed E-state index contributed by atoms with van der Waals surface area (Å²) in [7, 11) is 0. The van der Waals surface area contributed by atoms with Crippen LogP contribution in [-0.4, -0.2) is 28.3 Å². The fourth-order valence-electron chi connectivity index (χ4n) is 4.07. The number of carbonyl (C=O) groups is 1. The van der Waals surface area contributed by atoms with E-state index < -0.39 is 5.91 Å². The number of hydrazone groups is 1. The highest BCUT2D eigenvalue weighted by Gasteiger charge is 2.15. The minimum Gasteiger partial charge on any atom is -0.493 e. The number of amides is 1. The summed E-state index contributed by atoms with van der Waals surface area (Å²) in [5, 5.41) is 8.60. The highest BCUT2D eigenvalue weighted by molar-refractivity contribution is 7.17. The maximum Gasteiger partial charge on any atom is 0.263 e. The van der Waals surface area contributed by atoms with Gasteiger partial charge in [-0.25, -0.2) is 10.4 Å². The van der Waals surface area contributed by atoms with Crippen LogP contribution in [0.3, 0.4) is 0 Å². The molecule has 5 aromatic rings. The zero-order valence-corrected chi connectivity index (χ0v) is 20.7. The number of aromatic nitrogens is 2. The standard InChI is InChI=1S/C28H24N4O3S/c1-3-35-24-13-12-19-6-4-5-7-21(19)22(24)14-30-31-25(33)15-32-17-29-27-26(28(32)34)23(16-36-27)20-10-8-18(2)9-11-20/h4-14,16-17H,3,15H2,1-2H3,(H,31,33). The van der Waals surface area contributed by atoms with E-state index in [4.69, 9.17) is 4.74 Å². The Morgan fingerprint density at radius 1 is 1.14 bits per heavy atom. The zero-order chi connectivity index (χ0) is 25.1. The fourth-order valence-corrected chi connectivity index (χ4v) is 4.98. The molecule has 1 N–H and O–H groups in total. The molecule has 0 aliphatic heterocycles. The van der Waals surface area contributed by atoms with Crippen LogP contribution in [0.1, 0.15) is 18.1 Å². The number of carbonyl (C=O) groups excluding carboxylic acids is 1. The van der Waals surface area contributed by atoms with Gasteiger partial charge in [0.05, 0.1) is 24.5 Å². The van der Waals surface area contributed by atoms with Gasteiger partial charge in [-0.3, -0.25) is 14.2 Å². The molecule has 8 heteroatoms. The molecule has 7 nitrogen and oxygen atoms in total. The summed E-state index contributed by atoms with van der Waals surface area (Å²) in [6.07, 6.45) is 2.98. The van der Waals surface area contributed by atoms with Crippen molar-refractivity contribution in [3.8, 4) is 16.9 Å². The van der Waals surface area contributed by atoms with Gasteiger partial charge in [-0.05, 0) is 36.2 Å². The van der Waals surface area contributed by atoms with Gasteiger partial charge in [-0.15, -0.1) is 11.3 Å². The van der Waals surface area contributed by atoms with Crippen LogP contribution in [0.25, 0.3) is 32.1 Å². The molecule has 2 heterocycles. The SMILES string of the molecule is CCOc1ccc2ccccc2c1C=NNC(=O)Cn1cnc2scc(-c3ccc(C)cc3)c2c1=O. The Bertz CT molecular complexity index is 1650. The molecule has 0 atom stereocenters. The van der Waals surface area contributed by atoms with Gasteiger partial charge in [0.25, 0.3) is 11.5 Å². The summed E-state index contributed by atoms with van der Waals surface area (Å²) < 4.78 is 7.05. The molecule has 0 radical (unpaired) electrons. The lowest BCUT2D eigenvalue weighted by atomic mass is 10.0. The van der Waals surface area contributed by atoms with Crippen LogP contribution in [0.5, 0.6) is 5.75 Å². The molecule has 0 aliphatic carbocycles. The van der Waals surface area contributed by atoms with Gasteiger partial charge >= 0.3 is 0 Å². The van der Waals surface area contributed by atoms with Crippen molar-refractivity contribution < 1.29 is 9.53 Å². The van der Waals surface area contributed by atoms with Crippen molar-refractivity contribution in [2.45, 2.75) is 20.4 Å². The molecule has 0 unspecified atom stereocenters. The van der Waals surface area contributed by atoms with Gasteiger partial charge < -0.3 is 4.74 Å². The molecule has 180 valence electrons. The maximum atomic E-state index is 13.2.